The van der Waals surface area contributed by atoms with Crippen molar-refractivity contribution in [3.05, 3.63) is 29.8 Å². The van der Waals surface area contributed by atoms with Gasteiger partial charge in [0.15, 0.2) is 11.9 Å². The van der Waals surface area contributed by atoms with Crippen LogP contribution in [-0.2, 0) is 59.1 Å². The number of benzene rings is 1. The Bertz CT molecular complexity index is 2080. The zero-order valence-electron chi connectivity index (χ0n) is 45.1. The Hall–Kier alpha value is -6.08. The second kappa shape index (κ2) is 26.9. The highest BCUT2D eigenvalue weighted by atomic mass is 16.5. The molecule has 1 aromatic rings. The predicted octanol–water partition coefficient (Wildman–Crippen LogP) is 2.10. The summed E-state index contributed by atoms with van der Waals surface area (Å²) in [5.74, 6) is -8.41. The van der Waals surface area contributed by atoms with Gasteiger partial charge in [-0.25, -0.2) is 0 Å². The number of hydrogen-bond donors (Lipinski definition) is 4. The molecule has 2 rings (SSSR count). The maximum absolute atomic E-state index is 14.6. The van der Waals surface area contributed by atoms with Crippen molar-refractivity contribution in [3.8, 4) is 5.75 Å². The minimum Gasteiger partial charge on any atom is -0.497 e. The number of ether oxygens (including phenoxy) is 2. The lowest BCUT2D eigenvalue weighted by Gasteiger charge is -2.37. The second-order valence-electron chi connectivity index (χ2n) is 20.2. The number of carbonyl (C=O) groups is 10. The molecule has 20 nitrogen and oxygen atoms in total. The number of cyclic esters (lactones) is 1. The summed E-state index contributed by atoms with van der Waals surface area (Å²) in [6.07, 6.45) is -0.495. The number of hydrogen-bond acceptors (Lipinski definition) is 12. The van der Waals surface area contributed by atoms with E-state index in [1.807, 2.05) is 13.8 Å². The fraction of sp³-hybridized carbons (Fsp3) is 0.686. The van der Waals surface area contributed by atoms with Gasteiger partial charge < -0.3 is 50.3 Å². The standard InChI is InChI=1S/C51H82N8O12/c1-18-30(7)42-47(66)53-26-39(60)57(14)37(24-28(3)4)45(64)52-27-40(61)59(16)41(29(5)6)48(67)58(15)38(25-34-20-22-35(70-17)23-21-34)46(65)54-32(9)43(62)51(11,12)50(69)56(13)33(10)44(63)55-36(19-2)31(8)49(68)71-42/h20-23,28-33,36-38,41-42H,18-19,24-27H2,1-17H3,(H,52,64)(H,53,66)(H,54,65)(H,55,63)/t30-,31-,32?,33-,36+,37-,38-,41-,42?/m0/s1. The number of likely N-dealkylation sites (N-methyl/N-ethyl adjacent to an activating group) is 4. The summed E-state index contributed by atoms with van der Waals surface area (Å²) in [7, 11) is 7.09. The number of amides is 8. The quantitative estimate of drug-likeness (QED) is 0.205. The van der Waals surface area contributed by atoms with E-state index in [4.69, 9.17) is 9.47 Å². The van der Waals surface area contributed by atoms with Crippen molar-refractivity contribution in [2.24, 2.45) is 29.1 Å². The molecule has 20 heteroatoms. The Labute approximate surface area is 420 Å². The maximum atomic E-state index is 14.6. The van der Waals surface area contributed by atoms with Gasteiger partial charge in [-0.1, -0.05) is 60.6 Å². The third-order valence-electron chi connectivity index (χ3n) is 13.7. The number of methoxy groups -OCH3 is 1. The van der Waals surface area contributed by atoms with E-state index in [2.05, 4.69) is 21.3 Å². The molecule has 1 aromatic carbocycles. The van der Waals surface area contributed by atoms with Gasteiger partial charge in [0, 0.05) is 46.6 Å². The normalized spacial score (nSPS) is 26.7. The lowest BCUT2D eigenvalue weighted by molar-refractivity contribution is -0.164. The Morgan fingerprint density at radius 2 is 1.25 bits per heavy atom. The van der Waals surface area contributed by atoms with Crippen molar-refractivity contribution in [2.45, 2.75) is 151 Å². The van der Waals surface area contributed by atoms with Crippen LogP contribution >= 0.6 is 0 Å². The average molecular weight is 999 g/mol. The lowest BCUT2D eigenvalue weighted by Crippen LogP contribution is -2.60. The van der Waals surface area contributed by atoms with E-state index in [1.54, 1.807) is 58.9 Å². The number of rotatable bonds is 9. The highest BCUT2D eigenvalue weighted by Gasteiger charge is 2.45. The first-order valence-corrected chi connectivity index (χ1v) is 24.6. The van der Waals surface area contributed by atoms with Gasteiger partial charge in [-0.15, -0.1) is 0 Å². The molecular weight excluding hydrogens is 917 g/mol. The topological polar surface area (TPSA) is 250 Å². The van der Waals surface area contributed by atoms with Crippen LogP contribution in [0.1, 0.15) is 108 Å². The van der Waals surface area contributed by atoms with E-state index in [0.29, 0.717) is 17.7 Å². The van der Waals surface area contributed by atoms with Crippen molar-refractivity contribution in [1.82, 2.24) is 40.9 Å². The van der Waals surface area contributed by atoms with Gasteiger partial charge in [-0.05, 0) is 83.4 Å². The molecule has 2 unspecified atom stereocenters. The van der Waals surface area contributed by atoms with Gasteiger partial charge >= 0.3 is 5.97 Å². The van der Waals surface area contributed by atoms with E-state index in [0.717, 1.165) is 4.90 Å². The molecule has 1 heterocycles. The van der Waals surface area contributed by atoms with E-state index >= 15 is 0 Å². The first kappa shape index (κ1) is 61.0. The molecule has 9 atom stereocenters. The molecule has 1 aliphatic heterocycles. The number of carbonyl (C=O) groups excluding carboxylic acids is 10. The molecule has 8 amide bonds. The van der Waals surface area contributed by atoms with Crippen LogP contribution in [0, 0.1) is 29.1 Å². The molecule has 1 fully saturated rings. The monoisotopic (exact) mass is 999 g/mol. The Morgan fingerprint density at radius 1 is 0.704 bits per heavy atom. The van der Waals surface area contributed by atoms with Crippen molar-refractivity contribution >= 4 is 59.0 Å². The molecule has 0 radical (unpaired) electrons. The fourth-order valence-corrected chi connectivity index (χ4v) is 8.40. The maximum Gasteiger partial charge on any atom is 0.311 e. The van der Waals surface area contributed by atoms with Gasteiger partial charge in [0.05, 0.1) is 32.2 Å². The number of nitrogens with zero attached hydrogens (tertiary/aromatic N) is 4. The zero-order valence-corrected chi connectivity index (χ0v) is 45.1. The van der Waals surface area contributed by atoms with Crippen molar-refractivity contribution in [2.75, 3.05) is 48.4 Å². The zero-order chi connectivity index (χ0) is 54.4. The molecule has 0 spiro atoms. The molecule has 1 saturated heterocycles. The van der Waals surface area contributed by atoms with Crippen LogP contribution in [0.2, 0.25) is 0 Å². The molecule has 0 aromatic heterocycles. The van der Waals surface area contributed by atoms with E-state index in [-0.39, 0.29) is 25.2 Å². The summed E-state index contributed by atoms with van der Waals surface area (Å²) in [5, 5.41) is 10.7. The lowest BCUT2D eigenvalue weighted by atomic mass is 9.82. The highest BCUT2D eigenvalue weighted by Crippen LogP contribution is 2.25. The Balaban J connectivity index is 2.72. The summed E-state index contributed by atoms with van der Waals surface area (Å²) < 4.78 is 11.1. The molecule has 0 saturated carbocycles. The largest absolute Gasteiger partial charge is 0.497 e. The smallest absolute Gasteiger partial charge is 0.311 e. The van der Waals surface area contributed by atoms with Gasteiger partial charge in [0.1, 0.15) is 35.3 Å². The van der Waals surface area contributed by atoms with Crippen molar-refractivity contribution in [3.63, 3.8) is 0 Å². The highest BCUT2D eigenvalue weighted by molar-refractivity contribution is 6.09. The van der Waals surface area contributed by atoms with Crippen molar-refractivity contribution in [1.29, 1.82) is 0 Å². The van der Waals surface area contributed by atoms with Crippen LogP contribution in [-0.4, -0.2) is 169 Å². The minimum atomic E-state index is -1.79. The Morgan fingerprint density at radius 3 is 1.76 bits per heavy atom. The number of Topliss-reactive ketones (excluding diaryl/α,β-unsaturated/α-hetero) is 1. The third-order valence-corrected chi connectivity index (χ3v) is 13.7. The molecule has 4 N–H and O–H groups in total. The third kappa shape index (κ3) is 16.0. The van der Waals surface area contributed by atoms with Crippen LogP contribution in [0.4, 0.5) is 0 Å². The van der Waals surface area contributed by atoms with E-state index < -0.39 is 138 Å². The summed E-state index contributed by atoms with van der Waals surface area (Å²) >= 11 is 0. The van der Waals surface area contributed by atoms with Gasteiger partial charge in [-0.2, -0.15) is 0 Å². The first-order valence-electron chi connectivity index (χ1n) is 24.6. The Kier molecular flexibility index (Phi) is 23.2. The van der Waals surface area contributed by atoms with Gasteiger partial charge in [0.2, 0.25) is 41.4 Å². The van der Waals surface area contributed by atoms with E-state index in [9.17, 15) is 47.9 Å². The summed E-state index contributed by atoms with van der Waals surface area (Å²) in [5.41, 5.74) is -1.15. The van der Waals surface area contributed by atoms with Crippen LogP contribution in [0.5, 0.6) is 5.75 Å². The van der Waals surface area contributed by atoms with Crippen molar-refractivity contribution < 1.29 is 57.4 Å². The average Bonchev–Trinajstić information content (AvgIpc) is 3.33. The first-order chi connectivity index (χ1) is 33.0. The van der Waals surface area contributed by atoms with Crippen LogP contribution < -0.4 is 26.0 Å². The second-order valence-corrected chi connectivity index (χ2v) is 20.2. The summed E-state index contributed by atoms with van der Waals surface area (Å²) in [6.45, 7) is 18.5. The number of esters is 1. The molecular formula is C51H82N8O12. The van der Waals surface area contributed by atoms with Gasteiger partial charge in [-0.3, -0.25) is 47.9 Å². The van der Waals surface area contributed by atoms with Crippen LogP contribution in [0.3, 0.4) is 0 Å². The van der Waals surface area contributed by atoms with Crippen LogP contribution in [0.25, 0.3) is 0 Å². The summed E-state index contributed by atoms with van der Waals surface area (Å²) in [4.78, 5) is 145. The van der Waals surface area contributed by atoms with Gasteiger partial charge in [0.25, 0.3) is 5.91 Å². The molecule has 1 aliphatic rings. The fourth-order valence-electron chi connectivity index (χ4n) is 8.40. The minimum absolute atomic E-state index is 0.0319. The molecule has 71 heavy (non-hydrogen) atoms. The predicted molar refractivity (Wildman–Crippen MR) is 266 cm³/mol. The molecule has 0 aliphatic carbocycles. The SMILES string of the molecule is CC[C@H](C)C1OC(=O)[C@@H](C)[C@@H](CC)NC(=O)[C@H](C)N(C)C(=O)C(C)(C)C(=O)C(C)NC(=O)[C@H](Cc2ccc(OC)cc2)N(C)C(=O)[C@H](C(C)C)N(C)C(=O)CNC(=O)[C@H](CC(C)C)N(C)C(=O)CNC1=O. The molecule has 398 valence electrons. The van der Waals surface area contributed by atoms with E-state index in [1.165, 1.54) is 84.6 Å². The number of ketones is 1. The number of nitrogens with one attached hydrogen (secondary N) is 4. The molecule has 0 bridgehead atoms. The summed E-state index contributed by atoms with van der Waals surface area (Å²) in [6, 6.07) is 0.125. The van der Waals surface area contributed by atoms with Crippen LogP contribution in [0.15, 0.2) is 24.3 Å².